The Morgan fingerprint density at radius 1 is 0.731 bits per heavy atom. The summed E-state index contributed by atoms with van der Waals surface area (Å²) in [7, 11) is -10.7. The van der Waals surface area contributed by atoms with Gasteiger partial charge in [0.1, 0.15) is 0 Å². The first-order chi connectivity index (χ1) is 11.0. The van der Waals surface area contributed by atoms with Crippen LogP contribution in [0.1, 0.15) is 6.92 Å². The summed E-state index contributed by atoms with van der Waals surface area (Å²) in [6.45, 7) is 0.734. The minimum Gasteiger partial charge on any atom is -0.284 e. The largest absolute Gasteiger partial charge is 0.460 e. The molecule has 0 heterocycles. The lowest BCUT2D eigenvalue weighted by Gasteiger charge is -2.39. The van der Waals surface area contributed by atoms with Crippen LogP contribution in [0.25, 0.3) is 0 Å². The molecule has 0 aliphatic carbocycles. The Hall–Kier alpha value is -0.550. The molecular formula is C9H11F11O4S2. The summed E-state index contributed by atoms with van der Waals surface area (Å²) in [4.78, 5) is 0. The minimum absolute atomic E-state index is 0.428. The van der Waals surface area contributed by atoms with Gasteiger partial charge in [-0.2, -0.15) is 70.9 Å². The molecule has 0 fully saturated rings. The molecule has 0 radical (unpaired) electrons. The van der Waals surface area contributed by atoms with Crippen LogP contribution in [0.3, 0.4) is 0 Å². The molecule has 0 aliphatic heterocycles. The molecule has 0 aromatic rings. The first-order valence-electron chi connectivity index (χ1n) is 5.93. The van der Waals surface area contributed by atoms with Crippen LogP contribution in [0.4, 0.5) is 48.3 Å². The first-order valence-corrected chi connectivity index (χ1v) is 9.64. The van der Waals surface area contributed by atoms with E-state index in [1.165, 1.54) is 0 Å². The lowest BCUT2D eigenvalue weighted by Crippen LogP contribution is -2.68. The highest BCUT2D eigenvalue weighted by Gasteiger charge is 2.90. The number of hydrogen-bond donors (Lipinski definition) is 0. The maximum absolute atomic E-state index is 13.5. The van der Waals surface area contributed by atoms with Crippen molar-refractivity contribution < 1.29 is 64.5 Å². The molecule has 0 bridgehead atoms. The zero-order valence-corrected chi connectivity index (χ0v) is 14.4. The van der Waals surface area contributed by atoms with Gasteiger partial charge in [-0.25, -0.2) is 0 Å². The Morgan fingerprint density at radius 2 is 1.12 bits per heavy atom. The van der Waals surface area contributed by atoms with E-state index in [1.807, 2.05) is 0 Å². The third-order valence-corrected chi connectivity index (χ3v) is 6.19. The van der Waals surface area contributed by atoms with Crippen molar-refractivity contribution in [2.45, 2.75) is 36.1 Å². The maximum atomic E-state index is 13.5. The molecule has 160 valence electrons. The van der Waals surface area contributed by atoms with Gasteiger partial charge in [-0.05, 0) is 6.92 Å². The monoisotopic (exact) mass is 456 g/mol. The van der Waals surface area contributed by atoms with E-state index in [9.17, 15) is 56.7 Å². The Labute approximate surface area is 141 Å². The SMILES string of the molecule is CCOS(C)(C)OS(=O)(=O)C(F)(F)C(F)(F)C(F)(F)C(F)(F)C(F)(F)F. The van der Waals surface area contributed by atoms with Gasteiger partial charge in [0.2, 0.25) is 0 Å². The van der Waals surface area contributed by atoms with Crippen LogP contribution >= 0.6 is 10.6 Å². The van der Waals surface area contributed by atoms with Crippen LogP contribution in [-0.2, 0) is 17.9 Å². The van der Waals surface area contributed by atoms with Crippen molar-refractivity contribution in [1.29, 1.82) is 0 Å². The molecule has 0 aromatic carbocycles. The molecule has 0 amide bonds. The standard InChI is InChI=1S/C9H11F11O4S2/c1-4-23-25(2,3)24-26(21,22)9(19,20)7(14,15)5(10,11)6(12,13)8(16,17)18/h4H2,1-3H3. The third kappa shape index (κ3) is 3.99. The van der Waals surface area contributed by atoms with Gasteiger partial charge in [0.05, 0.1) is 6.61 Å². The Balaban J connectivity index is 6.26. The second-order valence-corrected chi connectivity index (χ2v) is 9.30. The third-order valence-electron chi connectivity index (χ3n) is 2.48. The van der Waals surface area contributed by atoms with Crippen LogP contribution in [-0.4, -0.2) is 56.7 Å². The molecule has 0 saturated carbocycles. The quantitative estimate of drug-likeness (QED) is 0.511. The summed E-state index contributed by atoms with van der Waals surface area (Å²) in [6, 6.07) is 0. The summed E-state index contributed by atoms with van der Waals surface area (Å²) in [5.41, 5.74) is 0. The highest BCUT2D eigenvalue weighted by Crippen LogP contribution is 2.60. The molecule has 4 nitrogen and oxygen atoms in total. The summed E-state index contributed by atoms with van der Waals surface area (Å²) < 4.78 is 171. The van der Waals surface area contributed by atoms with E-state index < -0.39 is 56.5 Å². The van der Waals surface area contributed by atoms with Crippen LogP contribution < -0.4 is 0 Å². The van der Waals surface area contributed by atoms with E-state index in [2.05, 4.69) is 7.81 Å². The average Bonchev–Trinajstić information content (AvgIpc) is 2.34. The fraction of sp³-hybridized carbons (Fsp3) is 1.00. The Morgan fingerprint density at radius 3 is 1.42 bits per heavy atom. The normalized spacial score (nSPS) is 16.7. The summed E-state index contributed by atoms with van der Waals surface area (Å²) in [5.74, 6) is -23.2. The van der Waals surface area contributed by atoms with Crippen molar-refractivity contribution in [3.05, 3.63) is 0 Å². The van der Waals surface area contributed by atoms with Crippen LogP contribution in [0.5, 0.6) is 0 Å². The first kappa shape index (κ1) is 25.4. The van der Waals surface area contributed by atoms with Crippen molar-refractivity contribution in [3.63, 3.8) is 0 Å². The van der Waals surface area contributed by atoms with Gasteiger partial charge in [-0.3, -0.25) is 4.18 Å². The fourth-order valence-electron chi connectivity index (χ4n) is 1.28. The predicted octanol–water partition coefficient (Wildman–Crippen LogP) is 4.32. The number of alkyl halides is 11. The van der Waals surface area contributed by atoms with Gasteiger partial charge in [-0.15, -0.1) is 0 Å². The highest BCUT2D eigenvalue weighted by molar-refractivity contribution is 8.28. The highest BCUT2D eigenvalue weighted by atomic mass is 32.3. The lowest BCUT2D eigenvalue weighted by atomic mass is 10.0. The summed E-state index contributed by atoms with van der Waals surface area (Å²) in [5, 5.41) is -7.17. The van der Waals surface area contributed by atoms with Crippen molar-refractivity contribution in [2.75, 3.05) is 19.1 Å². The van der Waals surface area contributed by atoms with E-state index >= 15 is 0 Å². The van der Waals surface area contributed by atoms with Crippen LogP contribution in [0, 0.1) is 0 Å². The van der Waals surface area contributed by atoms with Gasteiger partial charge >= 0.3 is 39.3 Å². The molecule has 0 spiro atoms. The fourth-order valence-corrected chi connectivity index (χ4v) is 4.51. The Kier molecular flexibility index (Phi) is 6.66. The van der Waals surface area contributed by atoms with Crippen molar-refractivity contribution in [3.8, 4) is 0 Å². The molecular weight excluding hydrogens is 445 g/mol. The molecule has 0 rings (SSSR count). The van der Waals surface area contributed by atoms with Crippen LogP contribution in [0.15, 0.2) is 0 Å². The molecule has 0 aromatic heterocycles. The summed E-state index contributed by atoms with van der Waals surface area (Å²) in [6.07, 6.45) is -6.13. The van der Waals surface area contributed by atoms with E-state index in [1.54, 1.807) is 0 Å². The van der Waals surface area contributed by atoms with Crippen molar-refractivity contribution >= 4 is 20.7 Å². The topological polar surface area (TPSA) is 52.6 Å². The van der Waals surface area contributed by atoms with E-state index in [4.69, 9.17) is 0 Å². The molecule has 0 aliphatic rings. The zero-order chi connectivity index (χ0) is 21.6. The number of halogens is 11. The lowest BCUT2D eigenvalue weighted by molar-refractivity contribution is -0.413. The van der Waals surface area contributed by atoms with Gasteiger partial charge < -0.3 is 0 Å². The second kappa shape index (κ2) is 6.80. The van der Waals surface area contributed by atoms with Crippen molar-refractivity contribution in [2.24, 2.45) is 0 Å². The zero-order valence-electron chi connectivity index (χ0n) is 12.8. The number of hydrogen-bond acceptors (Lipinski definition) is 4. The van der Waals surface area contributed by atoms with Gasteiger partial charge in [0.15, 0.2) is 0 Å². The molecule has 26 heavy (non-hydrogen) atoms. The number of rotatable bonds is 8. The maximum Gasteiger partial charge on any atom is 0.460 e. The van der Waals surface area contributed by atoms with Crippen molar-refractivity contribution in [1.82, 2.24) is 0 Å². The van der Waals surface area contributed by atoms with Gasteiger partial charge in [0.25, 0.3) is 0 Å². The summed E-state index contributed by atoms with van der Waals surface area (Å²) >= 11 is 0. The second-order valence-electron chi connectivity index (χ2n) is 4.81. The Bertz CT molecular complexity index is 612. The van der Waals surface area contributed by atoms with Gasteiger partial charge in [0, 0.05) is 12.5 Å². The van der Waals surface area contributed by atoms with E-state index in [0.29, 0.717) is 12.5 Å². The molecule has 0 saturated heterocycles. The van der Waals surface area contributed by atoms with Gasteiger partial charge in [-0.1, -0.05) is 0 Å². The molecule has 17 heteroatoms. The molecule has 0 unspecified atom stereocenters. The van der Waals surface area contributed by atoms with E-state index in [-0.39, 0.29) is 0 Å². The van der Waals surface area contributed by atoms with Crippen LogP contribution in [0.2, 0.25) is 0 Å². The predicted molar refractivity (Wildman–Crippen MR) is 66.9 cm³/mol. The molecule has 0 N–H and O–H groups in total. The smallest absolute Gasteiger partial charge is 0.284 e. The van der Waals surface area contributed by atoms with E-state index in [0.717, 1.165) is 6.92 Å². The molecule has 0 atom stereocenters. The minimum atomic E-state index is -7.84. The average molecular weight is 456 g/mol.